The molecule has 0 heterocycles. The average molecular weight is 343 g/mol. The topological polar surface area (TPSA) is 58.6 Å². The van der Waals surface area contributed by atoms with Crippen LogP contribution in [0.4, 0.5) is 4.79 Å². The zero-order valence-electron chi connectivity index (χ0n) is 15.3. The van der Waals surface area contributed by atoms with E-state index in [1.54, 1.807) is 0 Å². The van der Waals surface area contributed by atoms with E-state index in [0.717, 1.165) is 37.7 Å². The van der Waals surface area contributed by atoms with Gasteiger partial charge in [0.1, 0.15) is 6.61 Å². The summed E-state index contributed by atoms with van der Waals surface area (Å²) in [5.41, 5.74) is 1.14. The Bertz CT molecular complexity index is 653. The minimum absolute atomic E-state index is 0.0367. The second kappa shape index (κ2) is 5.47. The van der Waals surface area contributed by atoms with Gasteiger partial charge in [-0.15, -0.1) is 0 Å². The second-order valence-electron chi connectivity index (χ2n) is 9.81. The predicted molar refractivity (Wildman–Crippen MR) is 95.9 cm³/mol. The maximum atomic E-state index is 12.5. The molecule has 0 saturated heterocycles. The number of amides is 1. The van der Waals surface area contributed by atoms with Gasteiger partial charge in [-0.3, -0.25) is 0 Å². The van der Waals surface area contributed by atoms with Crippen molar-refractivity contribution in [1.29, 1.82) is 0 Å². The molecule has 4 bridgehead atoms. The fraction of sp³-hybridized carbons (Fsp3) is 0.667. The number of aliphatic hydroxyl groups excluding tert-OH is 1. The number of hydrogen-bond acceptors (Lipinski definition) is 3. The van der Waals surface area contributed by atoms with Gasteiger partial charge in [0.15, 0.2) is 0 Å². The third-order valence-electron chi connectivity index (χ3n) is 6.62. The van der Waals surface area contributed by atoms with Crippen LogP contribution in [0, 0.1) is 16.2 Å². The van der Waals surface area contributed by atoms with Gasteiger partial charge < -0.3 is 15.2 Å². The SMILES string of the molecule is CC12CC3(C)CC(CO)(C1)CC(NC(=O)OCc1ccccc1)(C2)C3. The van der Waals surface area contributed by atoms with Gasteiger partial charge in [0.25, 0.3) is 0 Å². The smallest absolute Gasteiger partial charge is 0.407 e. The number of carbonyl (C=O) groups excluding carboxylic acids is 1. The van der Waals surface area contributed by atoms with Crippen LogP contribution in [-0.4, -0.2) is 23.3 Å². The Balaban J connectivity index is 1.49. The molecule has 4 aliphatic rings. The summed E-state index contributed by atoms with van der Waals surface area (Å²) in [6, 6.07) is 9.77. The molecule has 25 heavy (non-hydrogen) atoms. The minimum atomic E-state index is -0.328. The Morgan fingerprint density at radius 1 is 1.04 bits per heavy atom. The quantitative estimate of drug-likeness (QED) is 0.868. The van der Waals surface area contributed by atoms with Crippen LogP contribution in [0.25, 0.3) is 0 Å². The van der Waals surface area contributed by atoms with Crippen molar-refractivity contribution in [3.05, 3.63) is 35.9 Å². The van der Waals surface area contributed by atoms with Crippen LogP contribution in [0.15, 0.2) is 30.3 Å². The van der Waals surface area contributed by atoms with Crippen molar-refractivity contribution < 1.29 is 14.6 Å². The standard InChI is InChI=1S/C21H29NO3/c1-18-9-19(2)11-20(10-18,15-23)14-21(12-18,13-19)22-17(24)25-8-16-6-4-3-5-7-16/h3-7,23H,8-15H2,1-2H3,(H,22,24). The van der Waals surface area contributed by atoms with Gasteiger partial charge in [-0.25, -0.2) is 4.79 Å². The number of rotatable bonds is 4. The highest BCUT2D eigenvalue weighted by molar-refractivity contribution is 5.68. The van der Waals surface area contributed by atoms with Gasteiger partial charge in [0, 0.05) is 12.1 Å². The Morgan fingerprint density at radius 2 is 1.68 bits per heavy atom. The lowest BCUT2D eigenvalue weighted by atomic mass is 9.38. The Morgan fingerprint density at radius 3 is 2.28 bits per heavy atom. The third-order valence-corrected chi connectivity index (χ3v) is 6.62. The van der Waals surface area contributed by atoms with Crippen molar-refractivity contribution in [3.63, 3.8) is 0 Å². The maximum absolute atomic E-state index is 12.5. The maximum Gasteiger partial charge on any atom is 0.407 e. The van der Waals surface area contributed by atoms with E-state index in [4.69, 9.17) is 4.74 Å². The number of hydrogen-bond donors (Lipinski definition) is 2. The van der Waals surface area contributed by atoms with E-state index in [1.807, 2.05) is 30.3 Å². The van der Waals surface area contributed by atoms with Crippen molar-refractivity contribution in [3.8, 4) is 0 Å². The van der Waals surface area contributed by atoms with E-state index in [1.165, 1.54) is 6.42 Å². The average Bonchev–Trinajstić information content (AvgIpc) is 2.50. The van der Waals surface area contributed by atoms with E-state index in [-0.39, 0.29) is 34.5 Å². The number of carbonyl (C=O) groups is 1. The molecular weight excluding hydrogens is 314 g/mol. The molecule has 4 saturated carbocycles. The van der Waals surface area contributed by atoms with Gasteiger partial charge in [-0.05, 0) is 60.3 Å². The molecule has 0 aromatic heterocycles. The van der Waals surface area contributed by atoms with Crippen molar-refractivity contribution in [2.24, 2.45) is 16.2 Å². The van der Waals surface area contributed by atoms with Crippen molar-refractivity contribution in [2.75, 3.05) is 6.61 Å². The molecule has 2 atom stereocenters. The van der Waals surface area contributed by atoms with E-state index < -0.39 is 0 Å². The lowest BCUT2D eigenvalue weighted by molar-refractivity contribution is -0.176. The van der Waals surface area contributed by atoms with Crippen LogP contribution in [0.1, 0.15) is 57.9 Å². The molecule has 1 amide bonds. The van der Waals surface area contributed by atoms with E-state index in [9.17, 15) is 9.90 Å². The van der Waals surface area contributed by atoms with Gasteiger partial charge in [-0.1, -0.05) is 44.2 Å². The first-order valence-corrected chi connectivity index (χ1v) is 9.37. The van der Waals surface area contributed by atoms with E-state index in [2.05, 4.69) is 19.2 Å². The first-order chi connectivity index (χ1) is 11.8. The summed E-state index contributed by atoms with van der Waals surface area (Å²) in [6.45, 7) is 5.18. The van der Waals surface area contributed by atoms with Crippen LogP contribution in [-0.2, 0) is 11.3 Å². The Hall–Kier alpha value is -1.55. The summed E-state index contributed by atoms with van der Waals surface area (Å²) in [5, 5.41) is 13.3. The number of alkyl carbamates (subject to hydrolysis) is 1. The highest BCUT2D eigenvalue weighted by Gasteiger charge is 2.65. The zero-order valence-corrected chi connectivity index (χ0v) is 15.3. The summed E-state index contributed by atoms with van der Waals surface area (Å²) in [7, 11) is 0. The molecule has 4 nitrogen and oxygen atoms in total. The normalized spacial score (nSPS) is 41.6. The van der Waals surface area contributed by atoms with Gasteiger partial charge in [0.2, 0.25) is 0 Å². The highest BCUT2D eigenvalue weighted by atomic mass is 16.5. The zero-order chi connectivity index (χ0) is 17.8. The van der Waals surface area contributed by atoms with E-state index >= 15 is 0 Å². The lowest BCUT2D eigenvalue weighted by Gasteiger charge is -2.69. The van der Waals surface area contributed by atoms with Crippen LogP contribution in [0.2, 0.25) is 0 Å². The van der Waals surface area contributed by atoms with Crippen LogP contribution in [0.5, 0.6) is 0 Å². The number of ether oxygens (including phenoxy) is 1. The number of benzene rings is 1. The molecule has 5 rings (SSSR count). The summed E-state index contributed by atoms with van der Waals surface area (Å²) in [4.78, 5) is 12.5. The molecule has 1 aromatic carbocycles. The monoisotopic (exact) mass is 343 g/mol. The fourth-order valence-electron chi connectivity index (χ4n) is 7.22. The molecule has 0 spiro atoms. The predicted octanol–water partition coefficient (Wildman–Crippen LogP) is 4.02. The molecule has 4 heteroatoms. The minimum Gasteiger partial charge on any atom is -0.445 e. The summed E-state index contributed by atoms with van der Waals surface area (Å²) < 4.78 is 5.49. The van der Waals surface area contributed by atoms with Gasteiger partial charge >= 0.3 is 6.09 Å². The molecule has 2 N–H and O–H groups in total. The lowest BCUT2D eigenvalue weighted by Crippen LogP contribution is -2.69. The van der Waals surface area contributed by atoms with Crippen molar-refractivity contribution in [1.82, 2.24) is 5.32 Å². The van der Waals surface area contributed by atoms with Crippen LogP contribution < -0.4 is 5.32 Å². The molecule has 136 valence electrons. The van der Waals surface area contributed by atoms with Crippen molar-refractivity contribution in [2.45, 2.75) is 64.5 Å². The second-order valence-corrected chi connectivity index (χ2v) is 9.81. The van der Waals surface area contributed by atoms with Crippen molar-refractivity contribution >= 4 is 6.09 Å². The van der Waals surface area contributed by atoms with Crippen LogP contribution >= 0.6 is 0 Å². The molecule has 4 aliphatic carbocycles. The van der Waals surface area contributed by atoms with E-state index in [0.29, 0.717) is 6.61 Å². The Labute approximate surface area is 150 Å². The van der Waals surface area contributed by atoms with Crippen LogP contribution in [0.3, 0.4) is 0 Å². The first-order valence-electron chi connectivity index (χ1n) is 9.37. The summed E-state index contributed by atoms with van der Waals surface area (Å²) in [5.74, 6) is 0. The molecule has 0 radical (unpaired) electrons. The molecule has 4 fully saturated rings. The number of nitrogens with one attached hydrogen (secondary N) is 1. The summed E-state index contributed by atoms with van der Waals surface area (Å²) >= 11 is 0. The Kier molecular flexibility index (Phi) is 3.70. The third kappa shape index (κ3) is 3.05. The molecule has 1 aromatic rings. The molecular formula is C21H29NO3. The molecule has 2 unspecified atom stereocenters. The largest absolute Gasteiger partial charge is 0.445 e. The highest BCUT2D eigenvalue weighted by Crippen LogP contribution is 2.70. The van der Waals surface area contributed by atoms with Gasteiger partial charge in [0.05, 0.1) is 0 Å². The van der Waals surface area contributed by atoms with Gasteiger partial charge in [-0.2, -0.15) is 0 Å². The first kappa shape index (κ1) is 16.9. The molecule has 0 aliphatic heterocycles. The summed E-state index contributed by atoms with van der Waals surface area (Å²) in [6.07, 6.45) is 5.90. The fourth-order valence-corrected chi connectivity index (χ4v) is 7.22. The number of aliphatic hydroxyl groups is 1.